The third-order valence-electron chi connectivity index (χ3n) is 3.20. The molecular formula is C16H12FNO2. The summed E-state index contributed by atoms with van der Waals surface area (Å²) < 4.78 is 18.0. The summed E-state index contributed by atoms with van der Waals surface area (Å²) in [5.74, 6) is 0.203. The molecule has 0 amide bonds. The second kappa shape index (κ2) is 4.81. The van der Waals surface area contributed by atoms with E-state index in [9.17, 15) is 9.50 Å². The van der Waals surface area contributed by atoms with Crippen molar-refractivity contribution in [1.29, 1.82) is 0 Å². The Bertz CT molecular complexity index is 769. The van der Waals surface area contributed by atoms with Crippen molar-refractivity contribution in [2.45, 2.75) is 0 Å². The lowest BCUT2D eigenvalue weighted by atomic mass is 10.1. The van der Waals surface area contributed by atoms with E-state index in [1.165, 1.54) is 19.2 Å². The lowest BCUT2D eigenvalue weighted by Gasteiger charge is -2.08. The van der Waals surface area contributed by atoms with Gasteiger partial charge in [0.25, 0.3) is 0 Å². The third kappa shape index (κ3) is 2.05. The largest absolute Gasteiger partial charge is 0.504 e. The van der Waals surface area contributed by atoms with Crippen LogP contribution in [0.25, 0.3) is 22.0 Å². The normalized spacial score (nSPS) is 10.7. The summed E-state index contributed by atoms with van der Waals surface area (Å²) in [7, 11) is 1.50. The first-order valence-corrected chi connectivity index (χ1v) is 6.10. The number of methoxy groups -OCH3 is 1. The number of halogens is 1. The molecule has 1 aromatic heterocycles. The van der Waals surface area contributed by atoms with E-state index < -0.39 is 0 Å². The molecule has 1 heterocycles. The minimum atomic E-state index is -0.281. The van der Waals surface area contributed by atoms with Crippen LogP contribution in [0.2, 0.25) is 0 Å². The predicted molar refractivity (Wildman–Crippen MR) is 75.4 cm³/mol. The molecule has 0 saturated carbocycles. The Morgan fingerprint density at radius 3 is 2.55 bits per heavy atom. The zero-order valence-corrected chi connectivity index (χ0v) is 10.8. The summed E-state index contributed by atoms with van der Waals surface area (Å²) in [5.41, 5.74) is 1.55. The number of nitrogens with zero attached hydrogens (tertiary/aromatic N) is 1. The van der Waals surface area contributed by atoms with Gasteiger partial charge in [-0.15, -0.1) is 0 Å². The lowest BCUT2D eigenvalue weighted by molar-refractivity contribution is 0.376. The number of phenols is 1. The molecule has 3 aromatic rings. The molecule has 0 radical (unpaired) electrons. The van der Waals surface area contributed by atoms with Crippen molar-refractivity contribution >= 4 is 10.8 Å². The smallest absolute Gasteiger partial charge is 0.167 e. The van der Waals surface area contributed by atoms with Crippen LogP contribution in [0, 0.1) is 5.82 Å². The molecule has 3 rings (SSSR count). The molecular weight excluding hydrogens is 257 g/mol. The van der Waals surface area contributed by atoms with Gasteiger partial charge in [-0.3, -0.25) is 4.98 Å². The van der Waals surface area contributed by atoms with Gasteiger partial charge in [0.05, 0.1) is 12.8 Å². The molecule has 3 nitrogen and oxygen atoms in total. The fourth-order valence-electron chi connectivity index (χ4n) is 2.13. The van der Waals surface area contributed by atoms with Gasteiger partial charge in [-0.2, -0.15) is 0 Å². The first-order chi connectivity index (χ1) is 9.69. The van der Waals surface area contributed by atoms with Crippen LogP contribution in [-0.2, 0) is 0 Å². The fraction of sp³-hybridized carbons (Fsp3) is 0.0625. The molecule has 0 fully saturated rings. The van der Waals surface area contributed by atoms with Crippen LogP contribution in [-0.4, -0.2) is 17.2 Å². The van der Waals surface area contributed by atoms with Gasteiger partial charge in [0.2, 0.25) is 0 Å². The Balaban J connectivity index is 2.14. The lowest BCUT2D eigenvalue weighted by Crippen LogP contribution is -1.88. The molecule has 0 atom stereocenters. The van der Waals surface area contributed by atoms with Crippen molar-refractivity contribution in [3.63, 3.8) is 0 Å². The molecule has 0 saturated heterocycles. The average molecular weight is 269 g/mol. The highest BCUT2D eigenvalue weighted by Gasteiger charge is 2.08. The minimum Gasteiger partial charge on any atom is -0.504 e. The molecule has 20 heavy (non-hydrogen) atoms. The topological polar surface area (TPSA) is 42.4 Å². The fourth-order valence-corrected chi connectivity index (χ4v) is 2.13. The summed E-state index contributed by atoms with van der Waals surface area (Å²) in [6.07, 6.45) is 1.59. The number of ether oxygens (including phenoxy) is 1. The van der Waals surface area contributed by atoms with E-state index in [0.717, 1.165) is 16.6 Å². The molecule has 2 aromatic carbocycles. The summed E-state index contributed by atoms with van der Waals surface area (Å²) >= 11 is 0. The van der Waals surface area contributed by atoms with Crippen LogP contribution in [0.15, 0.2) is 48.7 Å². The van der Waals surface area contributed by atoms with Gasteiger partial charge >= 0.3 is 0 Å². The highest BCUT2D eigenvalue weighted by Crippen LogP contribution is 2.35. The minimum absolute atomic E-state index is 0.0724. The SMILES string of the molecule is COc1ccc2cc(-c3ccc(F)cc3)ncc2c1O. The second-order valence-corrected chi connectivity index (χ2v) is 4.41. The summed E-state index contributed by atoms with van der Waals surface area (Å²) in [6, 6.07) is 11.5. The van der Waals surface area contributed by atoms with Gasteiger partial charge in [0, 0.05) is 17.1 Å². The summed E-state index contributed by atoms with van der Waals surface area (Å²) in [5, 5.41) is 11.5. The van der Waals surface area contributed by atoms with Crippen LogP contribution < -0.4 is 4.74 Å². The van der Waals surface area contributed by atoms with E-state index in [1.54, 1.807) is 24.4 Å². The Labute approximate surface area is 115 Å². The summed E-state index contributed by atoms with van der Waals surface area (Å²) in [4.78, 5) is 4.31. The Kier molecular flexibility index (Phi) is 2.99. The number of hydrogen-bond acceptors (Lipinski definition) is 3. The predicted octanol–water partition coefficient (Wildman–Crippen LogP) is 3.76. The number of benzene rings is 2. The van der Waals surface area contributed by atoms with Gasteiger partial charge in [-0.1, -0.05) is 6.07 Å². The van der Waals surface area contributed by atoms with Crippen LogP contribution in [0.5, 0.6) is 11.5 Å². The standard InChI is InChI=1S/C16H12FNO2/c1-20-15-7-4-11-8-14(18-9-13(11)16(15)19)10-2-5-12(17)6-3-10/h2-9,19H,1H3. The third-order valence-corrected chi connectivity index (χ3v) is 3.20. The molecule has 0 aliphatic rings. The quantitative estimate of drug-likeness (QED) is 0.770. The first-order valence-electron chi connectivity index (χ1n) is 6.10. The maximum absolute atomic E-state index is 12.9. The van der Waals surface area contributed by atoms with Crippen molar-refractivity contribution in [1.82, 2.24) is 4.98 Å². The molecule has 0 bridgehead atoms. The number of aromatic nitrogens is 1. The van der Waals surface area contributed by atoms with Crippen molar-refractivity contribution < 1.29 is 14.2 Å². The molecule has 0 spiro atoms. The number of aromatic hydroxyl groups is 1. The number of pyridine rings is 1. The summed E-state index contributed by atoms with van der Waals surface area (Å²) in [6.45, 7) is 0. The maximum atomic E-state index is 12.9. The van der Waals surface area contributed by atoms with E-state index in [1.807, 2.05) is 12.1 Å². The van der Waals surface area contributed by atoms with Gasteiger partial charge in [-0.05, 0) is 41.8 Å². The van der Waals surface area contributed by atoms with E-state index in [0.29, 0.717) is 11.1 Å². The van der Waals surface area contributed by atoms with Gasteiger partial charge < -0.3 is 9.84 Å². The Hall–Kier alpha value is -2.62. The zero-order valence-electron chi connectivity index (χ0n) is 10.8. The van der Waals surface area contributed by atoms with E-state index in [4.69, 9.17) is 4.74 Å². The second-order valence-electron chi connectivity index (χ2n) is 4.41. The van der Waals surface area contributed by atoms with Gasteiger partial charge in [-0.25, -0.2) is 4.39 Å². The van der Waals surface area contributed by atoms with Crippen molar-refractivity contribution in [3.05, 3.63) is 54.5 Å². The van der Waals surface area contributed by atoms with Gasteiger partial charge in [0.15, 0.2) is 11.5 Å². The van der Waals surface area contributed by atoms with E-state index in [2.05, 4.69) is 4.98 Å². The van der Waals surface area contributed by atoms with Crippen molar-refractivity contribution in [2.24, 2.45) is 0 Å². The van der Waals surface area contributed by atoms with Crippen LogP contribution in [0.3, 0.4) is 0 Å². The van der Waals surface area contributed by atoms with Crippen LogP contribution in [0.1, 0.15) is 0 Å². The van der Waals surface area contributed by atoms with E-state index >= 15 is 0 Å². The monoisotopic (exact) mass is 269 g/mol. The molecule has 0 aliphatic carbocycles. The maximum Gasteiger partial charge on any atom is 0.167 e. The first kappa shape index (κ1) is 12.4. The van der Waals surface area contributed by atoms with Crippen LogP contribution in [0.4, 0.5) is 4.39 Å². The number of rotatable bonds is 2. The Morgan fingerprint density at radius 1 is 1.10 bits per heavy atom. The molecule has 0 aliphatic heterocycles. The number of hydrogen-bond donors (Lipinski definition) is 1. The molecule has 1 N–H and O–H groups in total. The Morgan fingerprint density at radius 2 is 1.85 bits per heavy atom. The van der Waals surface area contributed by atoms with Crippen LogP contribution >= 0.6 is 0 Å². The number of phenolic OH excluding ortho intramolecular Hbond substituents is 1. The molecule has 100 valence electrons. The average Bonchev–Trinajstić information content (AvgIpc) is 2.48. The molecule has 0 unspecified atom stereocenters. The van der Waals surface area contributed by atoms with Gasteiger partial charge in [0.1, 0.15) is 5.82 Å². The highest BCUT2D eigenvalue weighted by atomic mass is 19.1. The van der Waals surface area contributed by atoms with Crippen molar-refractivity contribution in [2.75, 3.05) is 7.11 Å². The number of fused-ring (bicyclic) bond motifs is 1. The zero-order chi connectivity index (χ0) is 14.1. The highest BCUT2D eigenvalue weighted by molar-refractivity contribution is 5.91. The molecule has 4 heteroatoms. The van der Waals surface area contributed by atoms with Crippen molar-refractivity contribution in [3.8, 4) is 22.8 Å². The van der Waals surface area contributed by atoms with E-state index in [-0.39, 0.29) is 11.6 Å².